The van der Waals surface area contributed by atoms with Crippen LogP contribution < -0.4 is 0 Å². The van der Waals surface area contributed by atoms with Crippen LogP contribution in [-0.4, -0.2) is 60.2 Å². The van der Waals surface area contributed by atoms with Gasteiger partial charge in [0.05, 0.1) is 18.8 Å². The molecule has 0 aliphatic carbocycles. The van der Waals surface area contributed by atoms with Crippen LogP contribution in [0.25, 0.3) is 10.8 Å². The van der Waals surface area contributed by atoms with Crippen molar-refractivity contribution in [3.8, 4) is 5.75 Å². The molecule has 1 N–H and O–H groups in total. The molecule has 2 saturated heterocycles. The van der Waals surface area contributed by atoms with Crippen LogP contribution in [0.1, 0.15) is 41.6 Å². The highest BCUT2D eigenvalue weighted by molar-refractivity contribution is 6.03. The Morgan fingerprint density at radius 2 is 1.70 bits per heavy atom. The van der Waals surface area contributed by atoms with Gasteiger partial charge in [0.15, 0.2) is 0 Å². The molecule has 2 heterocycles. The second kappa shape index (κ2) is 8.28. The second-order valence-corrected chi connectivity index (χ2v) is 7.57. The molecule has 0 radical (unpaired) electrons. The minimum atomic E-state index is -0.0985. The van der Waals surface area contributed by atoms with Gasteiger partial charge in [-0.2, -0.15) is 0 Å². The lowest BCUT2D eigenvalue weighted by atomic mass is 9.97. The zero-order chi connectivity index (χ0) is 18.6. The lowest BCUT2D eigenvalue weighted by Crippen LogP contribution is -2.40. The number of ether oxygens (including phenoxy) is 1. The fraction of sp³-hybridized carbons (Fsp3) is 0.500. The maximum atomic E-state index is 13.1. The molecule has 0 atom stereocenters. The van der Waals surface area contributed by atoms with Gasteiger partial charge in [-0.15, -0.1) is 0 Å². The number of nitrogens with zero attached hydrogens (tertiary/aromatic N) is 2. The van der Waals surface area contributed by atoms with Crippen molar-refractivity contribution in [3.63, 3.8) is 0 Å². The van der Waals surface area contributed by atoms with Crippen LogP contribution in [0.15, 0.2) is 30.3 Å². The van der Waals surface area contributed by atoms with Gasteiger partial charge in [0.25, 0.3) is 5.91 Å². The predicted octanol–water partition coefficient (Wildman–Crippen LogP) is 3.39. The first kappa shape index (κ1) is 18.3. The quantitative estimate of drug-likeness (QED) is 0.902. The van der Waals surface area contributed by atoms with E-state index in [0.717, 1.165) is 29.4 Å². The van der Waals surface area contributed by atoms with Crippen LogP contribution in [0.5, 0.6) is 5.75 Å². The van der Waals surface area contributed by atoms with Gasteiger partial charge in [-0.05, 0) is 42.8 Å². The normalized spacial score (nSPS) is 19.2. The lowest BCUT2D eigenvalue weighted by molar-refractivity contribution is 0.0301. The van der Waals surface area contributed by atoms with Crippen molar-refractivity contribution >= 4 is 16.7 Å². The van der Waals surface area contributed by atoms with Crippen molar-refractivity contribution in [2.45, 2.75) is 32.2 Å². The Morgan fingerprint density at radius 1 is 1.00 bits per heavy atom. The fourth-order valence-corrected chi connectivity index (χ4v) is 4.19. The fourth-order valence-electron chi connectivity index (χ4n) is 4.19. The number of rotatable bonds is 3. The Hall–Kier alpha value is -2.11. The van der Waals surface area contributed by atoms with Crippen molar-refractivity contribution in [2.75, 3.05) is 39.4 Å². The molecule has 5 heteroatoms. The lowest BCUT2D eigenvalue weighted by Gasteiger charge is -2.28. The van der Waals surface area contributed by atoms with Gasteiger partial charge < -0.3 is 14.7 Å². The number of benzene rings is 2. The molecule has 0 saturated carbocycles. The largest absolute Gasteiger partial charge is 0.507 e. The average molecular weight is 368 g/mol. The summed E-state index contributed by atoms with van der Waals surface area (Å²) in [5, 5.41) is 13.1. The van der Waals surface area contributed by atoms with Crippen LogP contribution >= 0.6 is 0 Å². The molecule has 0 spiro atoms. The van der Waals surface area contributed by atoms with E-state index < -0.39 is 0 Å². The second-order valence-electron chi connectivity index (χ2n) is 7.57. The van der Waals surface area contributed by atoms with Gasteiger partial charge in [-0.25, -0.2) is 0 Å². The third kappa shape index (κ3) is 3.94. The maximum absolute atomic E-state index is 13.1. The van der Waals surface area contributed by atoms with E-state index in [1.165, 1.54) is 25.7 Å². The molecule has 144 valence electrons. The Morgan fingerprint density at radius 3 is 2.44 bits per heavy atom. The summed E-state index contributed by atoms with van der Waals surface area (Å²) in [6, 6.07) is 9.89. The van der Waals surface area contributed by atoms with Crippen molar-refractivity contribution < 1.29 is 14.6 Å². The van der Waals surface area contributed by atoms with E-state index in [-0.39, 0.29) is 11.7 Å². The molecule has 27 heavy (non-hydrogen) atoms. The van der Waals surface area contributed by atoms with E-state index in [2.05, 4.69) is 4.90 Å². The first-order chi connectivity index (χ1) is 13.2. The first-order valence-electron chi connectivity index (χ1n) is 10.1. The number of hydrogen-bond acceptors (Lipinski definition) is 4. The standard InChI is InChI=1S/C22H28N2O3/c25-21-19(22(26)24-11-13-27-14-12-24)15-17-7-3-4-8-18(17)20(21)16-23-9-5-1-2-6-10-23/h3-4,7-8,15,25H,1-2,5-6,9-14,16H2. The Bertz CT molecular complexity index is 807. The highest BCUT2D eigenvalue weighted by atomic mass is 16.5. The molecule has 2 aromatic rings. The van der Waals surface area contributed by atoms with Crippen molar-refractivity contribution in [1.82, 2.24) is 9.80 Å². The number of morpholine rings is 1. The average Bonchev–Trinajstić information content (AvgIpc) is 2.99. The molecule has 0 unspecified atom stereocenters. The number of phenols is 1. The molecule has 0 aromatic heterocycles. The third-order valence-electron chi connectivity index (χ3n) is 5.74. The summed E-state index contributed by atoms with van der Waals surface area (Å²) >= 11 is 0. The van der Waals surface area contributed by atoms with Gasteiger partial charge in [-0.3, -0.25) is 9.69 Å². The predicted molar refractivity (Wildman–Crippen MR) is 106 cm³/mol. The molecule has 2 fully saturated rings. The number of likely N-dealkylation sites (tertiary alicyclic amines) is 1. The zero-order valence-electron chi connectivity index (χ0n) is 15.8. The summed E-state index contributed by atoms with van der Waals surface area (Å²) in [6.07, 6.45) is 4.95. The summed E-state index contributed by atoms with van der Waals surface area (Å²) in [4.78, 5) is 17.3. The summed E-state index contributed by atoms with van der Waals surface area (Å²) in [6.45, 7) is 5.06. The zero-order valence-corrected chi connectivity index (χ0v) is 15.8. The molecule has 4 rings (SSSR count). The van der Waals surface area contributed by atoms with Crippen LogP contribution in [0.4, 0.5) is 0 Å². The minimum Gasteiger partial charge on any atom is -0.507 e. The van der Waals surface area contributed by atoms with Gasteiger partial charge >= 0.3 is 0 Å². The highest BCUT2D eigenvalue weighted by Crippen LogP contribution is 2.34. The smallest absolute Gasteiger partial charge is 0.257 e. The van der Waals surface area contributed by atoms with E-state index in [9.17, 15) is 9.90 Å². The Kier molecular flexibility index (Phi) is 5.60. The van der Waals surface area contributed by atoms with Crippen molar-refractivity contribution in [1.29, 1.82) is 0 Å². The summed E-state index contributed by atoms with van der Waals surface area (Å²) < 4.78 is 5.36. The molecule has 2 aliphatic rings. The summed E-state index contributed by atoms with van der Waals surface area (Å²) in [5.41, 5.74) is 1.30. The summed E-state index contributed by atoms with van der Waals surface area (Å²) in [5.74, 6) is 0.0492. The van der Waals surface area contributed by atoms with Gasteiger partial charge in [-0.1, -0.05) is 37.1 Å². The highest BCUT2D eigenvalue weighted by Gasteiger charge is 2.25. The number of phenolic OH excluding ortho intramolecular Hbond substituents is 1. The number of carbonyl (C=O) groups excluding carboxylic acids is 1. The van der Waals surface area contributed by atoms with E-state index in [0.29, 0.717) is 38.4 Å². The number of carbonyl (C=O) groups is 1. The summed E-state index contributed by atoms with van der Waals surface area (Å²) in [7, 11) is 0. The molecular weight excluding hydrogens is 340 g/mol. The van der Waals surface area contributed by atoms with Crippen molar-refractivity contribution in [2.24, 2.45) is 0 Å². The molecule has 1 amide bonds. The van der Waals surface area contributed by atoms with Crippen LogP contribution in [0, 0.1) is 0 Å². The van der Waals surface area contributed by atoms with Gasteiger partial charge in [0.2, 0.25) is 0 Å². The number of aromatic hydroxyl groups is 1. The monoisotopic (exact) mass is 368 g/mol. The molecule has 2 aliphatic heterocycles. The van der Waals surface area contributed by atoms with E-state index in [1.54, 1.807) is 4.90 Å². The number of fused-ring (bicyclic) bond motifs is 1. The molecule has 5 nitrogen and oxygen atoms in total. The van der Waals surface area contributed by atoms with E-state index in [1.807, 2.05) is 30.3 Å². The third-order valence-corrected chi connectivity index (χ3v) is 5.74. The SMILES string of the molecule is O=C(c1cc2ccccc2c(CN2CCCCCC2)c1O)N1CCOCC1. The molecular formula is C22H28N2O3. The van der Waals surface area contributed by atoms with Crippen LogP contribution in [-0.2, 0) is 11.3 Å². The Labute approximate surface area is 160 Å². The van der Waals surface area contributed by atoms with Gasteiger partial charge in [0.1, 0.15) is 5.75 Å². The number of amides is 1. The molecule has 0 bridgehead atoms. The van der Waals surface area contributed by atoms with Crippen LogP contribution in [0.2, 0.25) is 0 Å². The molecule has 2 aromatic carbocycles. The Balaban J connectivity index is 1.72. The maximum Gasteiger partial charge on any atom is 0.257 e. The van der Waals surface area contributed by atoms with E-state index in [4.69, 9.17) is 4.74 Å². The topological polar surface area (TPSA) is 53.0 Å². The number of hydrogen-bond donors (Lipinski definition) is 1. The van der Waals surface area contributed by atoms with Gasteiger partial charge in [0, 0.05) is 25.2 Å². The first-order valence-corrected chi connectivity index (χ1v) is 10.1. The minimum absolute atomic E-state index is 0.0985. The van der Waals surface area contributed by atoms with Crippen molar-refractivity contribution in [3.05, 3.63) is 41.5 Å². The van der Waals surface area contributed by atoms with E-state index >= 15 is 0 Å². The van der Waals surface area contributed by atoms with Crippen LogP contribution in [0.3, 0.4) is 0 Å².